The molecule has 0 atom stereocenters. The van der Waals surface area contributed by atoms with Crippen LogP contribution in [0.1, 0.15) is 25.8 Å². The number of nitrogens with two attached hydrogens (primary N) is 1. The average molecular weight is 341 g/mol. The van der Waals surface area contributed by atoms with Crippen molar-refractivity contribution in [3.63, 3.8) is 0 Å². The van der Waals surface area contributed by atoms with Crippen molar-refractivity contribution >= 4 is 21.8 Å². The van der Waals surface area contributed by atoms with Crippen molar-refractivity contribution in [3.05, 3.63) is 29.8 Å². The van der Waals surface area contributed by atoms with Crippen molar-refractivity contribution in [1.82, 2.24) is 10.6 Å². The van der Waals surface area contributed by atoms with E-state index in [1.165, 1.54) is 12.1 Å². The lowest BCUT2D eigenvalue weighted by Crippen LogP contribution is -2.34. The maximum atomic E-state index is 11.6. The van der Waals surface area contributed by atoms with E-state index in [4.69, 9.17) is 5.14 Å². The Hall–Kier alpha value is -1.93. The Morgan fingerprint density at radius 1 is 1.09 bits per heavy atom. The zero-order valence-electron chi connectivity index (χ0n) is 13.3. The van der Waals surface area contributed by atoms with Gasteiger partial charge < -0.3 is 10.6 Å². The van der Waals surface area contributed by atoms with Gasteiger partial charge in [0, 0.05) is 13.1 Å². The SMILES string of the molecule is CC(C)CNC(=O)CC(=O)NCCc1ccc(S(N)(=O)=O)cc1. The third-order valence-electron chi connectivity index (χ3n) is 3.02. The van der Waals surface area contributed by atoms with E-state index in [1.54, 1.807) is 12.1 Å². The fourth-order valence-electron chi connectivity index (χ4n) is 1.78. The van der Waals surface area contributed by atoms with Gasteiger partial charge in [-0.05, 0) is 30.0 Å². The Morgan fingerprint density at radius 3 is 2.17 bits per heavy atom. The molecule has 0 radical (unpaired) electrons. The molecule has 0 aromatic heterocycles. The van der Waals surface area contributed by atoms with E-state index in [-0.39, 0.29) is 23.1 Å². The van der Waals surface area contributed by atoms with Crippen LogP contribution in [0, 0.1) is 5.92 Å². The second-order valence-corrected chi connectivity index (χ2v) is 7.23. The van der Waals surface area contributed by atoms with Crippen molar-refractivity contribution in [2.75, 3.05) is 13.1 Å². The summed E-state index contributed by atoms with van der Waals surface area (Å²) in [7, 11) is -3.69. The molecule has 1 aromatic rings. The van der Waals surface area contributed by atoms with Gasteiger partial charge in [-0.2, -0.15) is 0 Å². The fraction of sp³-hybridized carbons (Fsp3) is 0.467. The molecule has 1 rings (SSSR count). The van der Waals surface area contributed by atoms with Crippen molar-refractivity contribution < 1.29 is 18.0 Å². The van der Waals surface area contributed by atoms with Gasteiger partial charge in [0.1, 0.15) is 6.42 Å². The second-order valence-electron chi connectivity index (χ2n) is 5.66. The summed E-state index contributed by atoms with van der Waals surface area (Å²) in [5.41, 5.74) is 0.863. The Labute approximate surface area is 136 Å². The first kappa shape index (κ1) is 19.1. The van der Waals surface area contributed by atoms with Gasteiger partial charge in [0.2, 0.25) is 21.8 Å². The zero-order chi connectivity index (χ0) is 17.5. The lowest BCUT2D eigenvalue weighted by Gasteiger charge is -2.08. The van der Waals surface area contributed by atoms with E-state index in [0.29, 0.717) is 25.4 Å². The standard InChI is InChI=1S/C15H23N3O4S/c1-11(2)10-18-15(20)9-14(19)17-8-7-12-3-5-13(6-4-12)23(16,21)22/h3-6,11H,7-10H2,1-2H3,(H,17,19)(H,18,20)(H2,16,21,22). The monoisotopic (exact) mass is 341 g/mol. The minimum absolute atomic E-state index is 0.0482. The minimum atomic E-state index is -3.69. The van der Waals surface area contributed by atoms with Gasteiger partial charge >= 0.3 is 0 Å². The molecular formula is C15H23N3O4S. The lowest BCUT2D eigenvalue weighted by molar-refractivity contribution is -0.129. The number of primary sulfonamides is 1. The first-order chi connectivity index (χ1) is 10.7. The highest BCUT2D eigenvalue weighted by Gasteiger charge is 2.09. The van der Waals surface area contributed by atoms with Crippen LogP contribution in [0.25, 0.3) is 0 Å². The average Bonchev–Trinajstić information content (AvgIpc) is 2.44. The summed E-state index contributed by atoms with van der Waals surface area (Å²) < 4.78 is 22.3. The number of sulfonamides is 1. The van der Waals surface area contributed by atoms with Gasteiger partial charge in [0.25, 0.3) is 0 Å². The molecule has 0 spiro atoms. The van der Waals surface area contributed by atoms with Gasteiger partial charge in [0.15, 0.2) is 0 Å². The van der Waals surface area contributed by atoms with Gasteiger partial charge in [-0.3, -0.25) is 9.59 Å². The molecule has 7 nitrogen and oxygen atoms in total. The Balaban J connectivity index is 2.33. The van der Waals surface area contributed by atoms with Gasteiger partial charge in [-0.1, -0.05) is 26.0 Å². The molecule has 0 aliphatic rings. The molecule has 1 aromatic carbocycles. The van der Waals surface area contributed by atoms with Crippen LogP contribution in [-0.4, -0.2) is 33.3 Å². The minimum Gasteiger partial charge on any atom is -0.355 e. The van der Waals surface area contributed by atoms with Crippen LogP contribution in [0.3, 0.4) is 0 Å². The molecular weight excluding hydrogens is 318 g/mol. The molecule has 0 aliphatic heterocycles. The summed E-state index contributed by atoms with van der Waals surface area (Å²) in [6.45, 7) is 4.86. The number of rotatable bonds is 8. The normalized spacial score (nSPS) is 11.3. The molecule has 128 valence electrons. The maximum Gasteiger partial charge on any atom is 0.238 e. The molecule has 0 saturated heterocycles. The highest BCUT2D eigenvalue weighted by Crippen LogP contribution is 2.08. The summed E-state index contributed by atoms with van der Waals surface area (Å²) in [6.07, 6.45) is 0.335. The molecule has 23 heavy (non-hydrogen) atoms. The number of benzene rings is 1. The number of hydrogen-bond donors (Lipinski definition) is 3. The predicted octanol–water partition coefficient (Wildman–Crippen LogP) is 0.155. The third-order valence-corrected chi connectivity index (χ3v) is 3.95. The van der Waals surface area contributed by atoms with Crippen molar-refractivity contribution in [1.29, 1.82) is 0 Å². The smallest absolute Gasteiger partial charge is 0.238 e. The van der Waals surface area contributed by atoms with Crippen LogP contribution in [0.4, 0.5) is 0 Å². The van der Waals surface area contributed by atoms with E-state index in [2.05, 4.69) is 10.6 Å². The lowest BCUT2D eigenvalue weighted by atomic mass is 10.1. The van der Waals surface area contributed by atoms with E-state index in [0.717, 1.165) is 5.56 Å². The first-order valence-electron chi connectivity index (χ1n) is 7.33. The summed E-state index contributed by atoms with van der Waals surface area (Å²) in [5.74, 6) is -0.302. The van der Waals surface area contributed by atoms with E-state index in [9.17, 15) is 18.0 Å². The highest BCUT2D eigenvalue weighted by atomic mass is 32.2. The maximum absolute atomic E-state index is 11.6. The van der Waals surface area contributed by atoms with Crippen molar-refractivity contribution in [2.45, 2.75) is 31.6 Å². The topological polar surface area (TPSA) is 118 Å². The molecule has 0 fully saturated rings. The summed E-state index contributed by atoms with van der Waals surface area (Å²) in [4.78, 5) is 23.1. The fourth-order valence-corrected chi connectivity index (χ4v) is 2.30. The van der Waals surface area contributed by atoms with Gasteiger partial charge in [-0.15, -0.1) is 0 Å². The Morgan fingerprint density at radius 2 is 1.65 bits per heavy atom. The molecule has 4 N–H and O–H groups in total. The molecule has 0 saturated carbocycles. The van der Waals surface area contributed by atoms with Crippen LogP contribution < -0.4 is 15.8 Å². The summed E-state index contributed by atoms with van der Waals surface area (Å²) in [6, 6.07) is 6.13. The van der Waals surface area contributed by atoms with Crippen molar-refractivity contribution in [3.8, 4) is 0 Å². The summed E-state index contributed by atoms with van der Waals surface area (Å²) in [5, 5.41) is 10.3. The number of carbonyl (C=O) groups excluding carboxylic acids is 2. The van der Waals surface area contributed by atoms with E-state index < -0.39 is 10.0 Å². The zero-order valence-corrected chi connectivity index (χ0v) is 14.2. The van der Waals surface area contributed by atoms with Crippen LogP contribution in [-0.2, 0) is 26.0 Å². The number of nitrogens with one attached hydrogen (secondary N) is 2. The van der Waals surface area contributed by atoms with Gasteiger partial charge in [0.05, 0.1) is 4.90 Å². The quantitative estimate of drug-likeness (QED) is 0.583. The predicted molar refractivity (Wildman–Crippen MR) is 87.0 cm³/mol. The van der Waals surface area contributed by atoms with E-state index >= 15 is 0 Å². The number of hydrogen-bond acceptors (Lipinski definition) is 4. The van der Waals surface area contributed by atoms with Crippen LogP contribution in [0.2, 0.25) is 0 Å². The van der Waals surface area contributed by atoms with Crippen LogP contribution >= 0.6 is 0 Å². The van der Waals surface area contributed by atoms with Crippen LogP contribution in [0.5, 0.6) is 0 Å². The Bertz CT molecular complexity index is 639. The molecule has 0 unspecified atom stereocenters. The number of carbonyl (C=O) groups is 2. The largest absolute Gasteiger partial charge is 0.355 e. The highest BCUT2D eigenvalue weighted by molar-refractivity contribution is 7.89. The second kappa shape index (κ2) is 8.64. The van der Waals surface area contributed by atoms with Crippen LogP contribution in [0.15, 0.2) is 29.2 Å². The first-order valence-corrected chi connectivity index (χ1v) is 8.88. The van der Waals surface area contributed by atoms with Crippen molar-refractivity contribution in [2.24, 2.45) is 11.1 Å². The molecule has 0 aliphatic carbocycles. The van der Waals surface area contributed by atoms with E-state index in [1.807, 2.05) is 13.8 Å². The Kier molecular flexibility index (Phi) is 7.18. The molecule has 2 amide bonds. The molecule has 0 heterocycles. The molecule has 0 bridgehead atoms. The number of amides is 2. The third kappa shape index (κ3) is 7.75. The molecule has 8 heteroatoms. The van der Waals surface area contributed by atoms with Gasteiger partial charge in [-0.25, -0.2) is 13.6 Å². The summed E-state index contributed by atoms with van der Waals surface area (Å²) >= 11 is 0.